The number of nitrogens with zero attached hydrogens (tertiary/aromatic N) is 3. The Morgan fingerprint density at radius 1 is 1.00 bits per heavy atom. The third-order valence-corrected chi connectivity index (χ3v) is 5.80. The summed E-state index contributed by atoms with van der Waals surface area (Å²) in [4.78, 5) is 11.3. The van der Waals surface area contributed by atoms with Gasteiger partial charge >= 0.3 is 0 Å². The van der Waals surface area contributed by atoms with Crippen LogP contribution in [-0.2, 0) is 6.42 Å². The predicted molar refractivity (Wildman–Crippen MR) is 107 cm³/mol. The molecule has 2 aromatic heterocycles. The number of aryl methyl sites for hydroxylation is 1. The zero-order valence-corrected chi connectivity index (χ0v) is 15.9. The van der Waals surface area contributed by atoms with Crippen molar-refractivity contribution in [2.24, 2.45) is 0 Å². The molecule has 0 bridgehead atoms. The largest absolute Gasteiger partial charge is 0.431 e. The molecule has 1 aliphatic heterocycles. The molecule has 0 atom stereocenters. The highest BCUT2D eigenvalue weighted by atomic mass is 32.1. The zero-order valence-electron chi connectivity index (χ0n) is 15.1. The van der Waals surface area contributed by atoms with E-state index in [1.54, 1.807) is 6.20 Å². The zero-order chi connectivity index (χ0) is 17.6. The SMILES string of the molecule is c1cnc2nc(Oc3ccc(CCCCN4CCCCC4)cc3)sc2c1. The van der Waals surface area contributed by atoms with Crippen molar-refractivity contribution in [2.75, 3.05) is 19.6 Å². The first kappa shape index (κ1) is 17.4. The van der Waals surface area contributed by atoms with Gasteiger partial charge in [0.05, 0.1) is 4.70 Å². The molecule has 3 heterocycles. The second kappa shape index (κ2) is 8.60. The summed E-state index contributed by atoms with van der Waals surface area (Å²) < 4.78 is 6.93. The first-order valence-corrected chi connectivity index (χ1v) is 10.4. The molecule has 5 heteroatoms. The summed E-state index contributed by atoms with van der Waals surface area (Å²) in [6.07, 6.45) is 9.61. The fraction of sp³-hybridized carbons (Fsp3) is 0.429. The molecule has 0 spiro atoms. The fourth-order valence-corrected chi connectivity index (χ4v) is 4.26. The molecular formula is C21H25N3OS. The second-order valence-electron chi connectivity index (χ2n) is 6.91. The van der Waals surface area contributed by atoms with Gasteiger partial charge in [-0.1, -0.05) is 29.9 Å². The molecule has 26 heavy (non-hydrogen) atoms. The molecule has 1 fully saturated rings. The lowest BCUT2D eigenvalue weighted by molar-refractivity contribution is 0.225. The Hall–Kier alpha value is -1.98. The maximum atomic E-state index is 5.88. The van der Waals surface area contributed by atoms with E-state index in [2.05, 4.69) is 27.0 Å². The lowest BCUT2D eigenvalue weighted by atomic mass is 10.1. The van der Waals surface area contributed by atoms with E-state index in [0.717, 1.165) is 22.5 Å². The molecule has 4 rings (SSSR count). The molecule has 0 amide bonds. The van der Waals surface area contributed by atoms with Crippen LogP contribution >= 0.6 is 11.3 Å². The van der Waals surface area contributed by atoms with Gasteiger partial charge in [0.25, 0.3) is 5.19 Å². The van der Waals surface area contributed by atoms with Crippen molar-refractivity contribution >= 4 is 21.7 Å². The average molecular weight is 368 g/mol. The molecule has 1 saturated heterocycles. The fourth-order valence-electron chi connectivity index (χ4n) is 3.47. The van der Waals surface area contributed by atoms with Crippen LogP contribution in [0.5, 0.6) is 10.9 Å². The van der Waals surface area contributed by atoms with Crippen LogP contribution in [0.15, 0.2) is 42.6 Å². The molecule has 0 N–H and O–H groups in total. The number of rotatable bonds is 7. The van der Waals surface area contributed by atoms with Crippen LogP contribution in [-0.4, -0.2) is 34.5 Å². The topological polar surface area (TPSA) is 38.3 Å². The van der Waals surface area contributed by atoms with E-state index in [9.17, 15) is 0 Å². The predicted octanol–water partition coefficient (Wildman–Crippen LogP) is 5.29. The molecule has 4 nitrogen and oxygen atoms in total. The Labute approximate surface area is 158 Å². The highest BCUT2D eigenvalue weighted by molar-refractivity contribution is 7.20. The van der Waals surface area contributed by atoms with Crippen molar-refractivity contribution in [3.63, 3.8) is 0 Å². The van der Waals surface area contributed by atoms with Crippen molar-refractivity contribution in [3.8, 4) is 10.9 Å². The molecular weight excluding hydrogens is 342 g/mol. The van der Waals surface area contributed by atoms with Crippen LogP contribution in [0.4, 0.5) is 0 Å². The van der Waals surface area contributed by atoms with Gasteiger partial charge in [0.15, 0.2) is 5.65 Å². The van der Waals surface area contributed by atoms with E-state index in [1.165, 1.54) is 68.6 Å². The third-order valence-electron chi connectivity index (χ3n) is 4.91. The van der Waals surface area contributed by atoms with Gasteiger partial charge < -0.3 is 9.64 Å². The minimum atomic E-state index is 0.646. The van der Waals surface area contributed by atoms with Crippen molar-refractivity contribution < 1.29 is 4.74 Å². The summed E-state index contributed by atoms with van der Waals surface area (Å²) in [5, 5.41) is 0.646. The molecule has 1 aromatic carbocycles. The van der Waals surface area contributed by atoms with Gasteiger partial charge in [-0.25, -0.2) is 4.98 Å². The smallest absolute Gasteiger partial charge is 0.281 e. The molecule has 0 unspecified atom stereocenters. The summed E-state index contributed by atoms with van der Waals surface area (Å²) in [5.74, 6) is 0.834. The van der Waals surface area contributed by atoms with Crippen LogP contribution in [0.2, 0.25) is 0 Å². The van der Waals surface area contributed by atoms with Crippen molar-refractivity contribution in [1.82, 2.24) is 14.9 Å². The molecule has 1 aliphatic rings. The lowest BCUT2D eigenvalue weighted by Crippen LogP contribution is -2.30. The van der Waals surface area contributed by atoms with Gasteiger partial charge in [-0.15, -0.1) is 0 Å². The van der Waals surface area contributed by atoms with E-state index < -0.39 is 0 Å². The molecule has 0 aliphatic carbocycles. The van der Waals surface area contributed by atoms with Gasteiger partial charge in [0.1, 0.15) is 5.75 Å². The Morgan fingerprint density at radius 2 is 1.85 bits per heavy atom. The minimum Gasteiger partial charge on any atom is -0.431 e. The second-order valence-corrected chi connectivity index (χ2v) is 7.90. The van der Waals surface area contributed by atoms with E-state index in [0.29, 0.717) is 5.19 Å². The highest BCUT2D eigenvalue weighted by Gasteiger charge is 2.09. The van der Waals surface area contributed by atoms with Crippen LogP contribution < -0.4 is 4.74 Å². The number of hydrogen-bond acceptors (Lipinski definition) is 5. The minimum absolute atomic E-state index is 0.646. The summed E-state index contributed by atoms with van der Waals surface area (Å²) in [6.45, 7) is 3.85. The number of pyridine rings is 1. The summed E-state index contributed by atoms with van der Waals surface area (Å²) >= 11 is 1.53. The number of aromatic nitrogens is 2. The molecule has 0 saturated carbocycles. The van der Waals surface area contributed by atoms with Gasteiger partial charge in [-0.05, 0) is 81.6 Å². The quantitative estimate of drug-likeness (QED) is 0.532. The van der Waals surface area contributed by atoms with E-state index in [1.807, 2.05) is 24.3 Å². The summed E-state index contributed by atoms with van der Waals surface area (Å²) in [7, 11) is 0. The number of ether oxygens (including phenoxy) is 1. The molecule has 3 aromatic rings. The number of benzene rings is 1. The number of unbranched alkanes of at least 4 members (excludes halogenated alkanes) is 1. The van der Waals surface area contributed by atoms with Crippen molar-refractivity contribution in [2.45, 2.75) is 38.5 Å². The van der Waals surface area contributed by atoms with E-state index in [4.69, 9.17) is 4.74 Å². The van der Waals surface area contributed by atoms with Gasteiger partial charge in [-0.2, -0.15) is 4.98 Å². The third kappa shape index (κ3) is 4.59. The first-order chi connectivity index (χ1) is 12.9. The Balaban J connectivity index is 1.25. The maximum absolute atomic E-state index is 5.88. The van der Waals surface area contributed by atoms with Crippen LogP contribution in [0.1, 0.15) is 37.7 Å². The van der Waals surface area contributed by atoms with Crippen molar-refractivity contribution in [1.29, 1.82) is 0 Å². The Bertz CT molecular complexity index is 792. The Morgan fingerprint density at radius 3 is 2.65 bits per heavy atom. The molecule has 0 radical (unpaired) electrons. The number of fused-ring (bicyclic) bond motifs is 1. The highest BCUT2D eigenvalue weighted by Crippen LogP contribution is 2.30. The number of hydrogen-bond donors (Lipinski definition) is 0. The summed E-state index contributed by atoms with van der Waals surface area (Å²) in [5.41, 5.74) is 2.12. The van der Waals surface area contributed by atoms with Crippen molar-refractivity contribution in [3.05, 3.63) is 48.2 Å². The van der Waals surface area contributed by atoms with Crippen LogP contribution in [0, 0.1) is 0 Å². The van der Waals surface area contributed by atoms with Crippen LogP contribution in [0.25, 0.3) is 10.3 Å². The summed E-state index contributed by atoms with van der Waals surface area (Å²) in [6, 6.07) is 12.4. The lowest BCUT2D eigenvalue weighted by Gasteiger charge is -2.26. The standard InChI is InChI=1S/C21H25N3OS/c1-3-14-24(15-4-1)16-5-2-7-17-9-11-18(12-10-17)25-21-23-20-19(26-21)8-6-13-22-20/h6,8-13H,1-5,7,14-16H2. The maximum Gasteiger partial charge on any atom is 0.281 e. The normalized spacial score (nSPS) is 15.4. The Kier molecular flexibility index (Phi) is 5.77. The van der Waals surface area contributed by atoms with Gasteiger partial charge in [0, 0.05) is 6.20 Å². The number of piperidine rings is 1. The average Bonchev–Trinajstić information content (AvgIpc) is 3.10. The monoisotopic (exact) mass is 367 g/mol. The van der Waals surface area contributed by atoms with Gasteiger partial charge in [0.2, 0.25) is 0 Å². The number of likely N-dealkylation sites (tertiary alicyclic amines) is 1. The van der Waals surface area contributed by atoms with E-state index >= 15 is 0 Å². The van der Waals surface area contributed by atoms with Gasteiger partial charge in [-0.3, -0.25) is 0 Å². The van der Waals surface area contributed by atoms with Crippen LogP contribution in [0.3, 0.4) is 0 Å². The molecule has 136 valence electrons. The first-order valence-electron chi connectivity index (χ1n) is 9.57. The van der Waals surface area contributed by atoms with E-state index in [-0.39, 0.29) is 0 Å². The number of thiazole rings is 1.